The average Bonchev–Trinajstić information content (AvgIpc) is 2.35. The highest BCUT2D eigenvalue weighted by Crippen LogP contribution is 2.12. The molecular formula is C8H13N3OS. The van der Waals surface area contributed by atoms with Gasteiger partial charge in [0.1, 0.15) is 0 Å². The lowest BCUT2D eigenvalue weighted by Gasteiger charge is -1.95. The van der Waals surface area contributed by atoms with Crippen molar-refractivity contribution in [1.82, 2.24) is 14.8 Å². The fourth-order valence-corrected chi connectivity index (χ4v) is 1.70. The van der Waals surface area contributed by atoms with E-state index in [0.29, 0.717) is 0 Å². The van der Waals surface area contributed by atoms with E-state index in [1.807, 2.05) is 13.8 Å². The first kappa shape index (κ1) is 10.1. The van der Waals surface area contributed by atoms with Crippen molar-refractivity contribution in [2.75, 3.05) is 5.75 Å². The smallest absolute Gasteiger partial charge is 0.273 e. The molecule has 13 heavy (non-hydrogen) atoms. The minimum absolute atomic E-state index is 0.167. The number of aromatic nitrogens is 3. The summed E-state index contributed by atoms with van der Waals surface area (Å²) in [6.45, 7) is 4.09. The van der Waals surface area contributed by atoms with Gasteiger partial charge in [-0.3, -0.25) is 4.57 Å². The molecule has 0 aliphatic carbocycles. The third-order valence-corrected chi connectivity index (χ3v) is 2.50. The number of thioether (sulfide) groups is 1. The summed E-state index contributed by atoms with van der Waals surface area (Å²) in [4.78, 5) is 11.0. The number of nitrogens with zero attached hydrogens (tertiary/aromatic N) is 2. The van der Waals surface area contributed by atoms with Gasteiger partial charge in [-0.15, -0.1) is 5.10 Å². The minimum Gasteiger partial charge on any atom is -0.273 e. The Kier molecular flexibility index (Phi) is 3.36. The fourth-order valence-electron chi connectivity index (χ4n) is 0.744. The summed E-state index contributed by atoms with van der Waals surface area (Å²) < 4.78 is 1.50. The van der Waals surface area contributed by atoms with E-state index in [1.165, 1.54) is 10.1 Å². The predicted molar refractivity (Wildman–Crippen MR) is 54.0 cm³/mol. The van der Waals surface area contributed by atoms with Crippen molar-refractivity contribution in [2.24, 2.45) is 7.05 Å². The highest BCUT2D eigenvalue weighted by molar-refractivity contribution is 7.99. The van der Waals surface area contributed by atoms with Crippen molar-refractivity contribution >= 4 is 11.8 Å². The van der Waals surface area contributed by atoms with Crippen LogP contribution >= 0.6 is 11.8 Å². The van der Waals surface area contributed by atoms with E-state index in [9.17, 15) is 4.79 Å². The summed E-state index contributed by atoms with van der Waals surface area (Å²) in [6, 6.07) is 0. The van der Waals surface area contributed by atoms with Crippen molar-refractivity contribution in [1.29, 1.82) is 0 Å². The number of hydrogen-bond donors (Lipinski definition) is 1. The van der Waals surface area contributed by atoms with Crippen LogP contribution in [0, 0.1) is 0 Å². The van der Waals surface area contributed by atoms with Crippen LogP contribution in [0.3, 0.4) is 0 Å². The molecule has 0 atom stereocenters. The molecule has 1 aromatic rings. The largest absolute Gasteiger partial charge is 0.343 e. The quantitative estimate of drug-likeness (QED) is 0.587. The topological polar surface area (TPSA) is 50.7 Å². The molecule has 0 amide bonds. The minimum atomic E-state index is -0.167. The molecule has 0 fully saturated rings. The molecule has 0 unspecified atom stereocenters. The van der Waals surface area contributed by atoms with E-state index in [2.05, 4.69) is 16.3 Å². The van der Waals surface area contributed by atoms with Crippen molar-refractivity contribution in [3.8, 4) is 0 Å². The Labute approximate surface area is 81.0 Å². The van der Waals surface area contributed by atoms with Gasteiger partial charge >= 0.3 is 5.69 Å². The Morgan fingerprint density at radius 1 is 1.69 bits per heavy atom. The van der Waals surface area contributed by atoms with Crippen LogP contribution in [-0.4, -0.2) is 20.5 Å². The summed E-state index contributed by atoms with van der Waals surface area (Å²) in [5.41, 5.74) is 1.10. The van der Waals surface area contributed by atoms with E-state index < -0.39 is 0 Å². The normalized spacial score (nSPS) is 10.1. The second kappa shape index (κ2) is 4.32. The molecular weight excluding hydrogens is 186 g/mol. The predicted octanol–water partition coefficient (Wildman–Crippen LogP) is 1.17. The van der Waals surface area contributed by atoms with Crippen molar-refractivity contribution < 1.29 is 0 Å². The summed E-state index contributed by atoms with van der Waals surface area (Å²) in [5.74, 6) is 0.848. The molecule has 1 aromatic heterocycles. The summed E-state index contributed by atoms with van der Waals surface area (Å²) in [7, 11) is 1.71. The van der Waals surface area contributed by atoms with Crippen LogP contribution in [0.5, 0.6) is 0 Å². The first-order chi connectivity index (χ1) is 6.11. The molecule has 0 spiro atoms. The first-order valence-electron chi connectivity index (χ1n) is 3.99. The van der Waals surface area contributed by atoms with Crippen molar-refractivity contribution in [2.45, 2.75) is 19.0 Å². The van der Waals surface area contributed by atoms with Gasteiger partial charge in [0.2, 0.25) is 0 Å². The number of nitrogens with one attached hydrogen (secondary N) is 1. The molecule has 0 radical (unpaired) electrons. The zero-order valence-electron chi connectivity index (χ0n) is 8.00. The van der Waals surface area contributed by atoms with Crippen molar-refractivity contribution in [3.63, 3.8) is 0 Å². The van der Waals surface area contributed by atoms with Crippen LogP contribution in [0.25, 0.3) is 0 Å². The van der Waals surface area contributed by atoms with E-state index in [4.69, 9.17) is 0 Å². The van der Waals surface area contributed by atoms with E-state index in [0.717, 1.165) is 10.9 Å². The van der Waals surface area contributed by atoms with Gasteiger partial charge in [0.05, 0.1) is 0 Å². The first-order valence-corrected chi connectivity index (χ1v) is 4.97. The number of H-pyrrole nitrogens is 1. The van der Waals surface area contributed by atoms with E-state index in [-0.39, 0.29) is 5.69 Å². The average molecular weight is 199 g/mol. The monoisotopic (exact) mass is 199 g/mol. The standard InChI is InChI=1S/C8H13N3OS/c1-6(2)4-5-13-8-10-9-7(12)11(8)3/h4H,5H2,1-3H3,(H,9,12). The lowest BCUT2D eigenvalue weighted by Crippen LogP contribution is -2.12. The highest BCUT2D eigenvalue weighted by Gasteiger charge is 2.02. The highest BCUT2D eigenvalue weighted by atomic mass is 32.2. The number of hydrogen-bond acceptors (Lipinski definition) is 3. The summed E-state index contributed by atoms with van der Waals surface area (Å²) >= 11 is 1.54. The molecule has 0 aliphatic rings. The van der Waals surface area contributed by atoms with Gasteiger partial charge in [0, 0.05) is 12.8 Å². The zero-order chi connectivity index (χ0) is 9.84. The second-order valence-corrected chi connectivity index (χ2v) is 3.95. The number of allylic oxidation sites excluding steroid dienone is 1. The van der Waals surface area contributed by atoms with Crippen LogP contribution in [-0.2, 0) is 7.05 Å². The van der Waals surface area contributed by atoms with Gasteiger partial charge in [-0.2, -0.15) is 0 Å². The molecule has 0 saturated carbocycles. The lowest BCUT2D eigenvalue weighted by molar-refractivity contribution is 0.766. The Morgan fingerprint density at radius 3 is 2.85 bits per heavy atom. The Hall–Kier alpha value is -0.970. The SMILES string of the molecule is CC(C)=CCSc1n[nH]c(=O)n1C. The van der Waals surface area contributed by atoms with E-state index >= 15 is 0 Å². The Morgan fingerprint density at radius 2 is 2.38 bits per heavy atom. The molecule has 0 aromatic carbocycles. The Bertz CT molecular complexity index is 360. The van der Waals surface area contributed by atoms with Gasteiger partial charge in [-0.25, -0.2) is 9.89 Å². The lowest BCUT2D eigenvalue weighted by atomic mass is 10.3. The van der Waals surface area contributed by atoms with E-state index in [1.54, 1.807) is 18.8 Å². The van der Waals surface area contributed by atoms with Crippen LogP contribution in [0.2, 0.25) is 0 Å². The summed E-state index contributed by atoms with van der Waals surface area (Å²) in [6.07, 6.45) is 2.10. The molecule has 0 bridgehead atoms. The van der Waals surface area contributed by atoms with Gasteiger partial charge in [-0.05, 0) is 13.8 Å². The molecule has 72 valence electrons. The second-order valence-electron chi connectivity index (χ2n) is 2.96. The molecule has 1 rings (SSSR count). The molecule has 1 N–H and O–H groups in total. The van der Waals surface area contributed by atoms with Gasteiger partial charge in [-0.1, -0.05) is 23.4 Å². The van der Waals surface area contributed by atoms with Crippen LogP contribution in [0.15, 0.2) is 21.6 Å². The zero-order valence-corrected chi connectivity index (χ0v) is 8.81. The van der Waals surface area contributed by atoms with Gasteiger partial charge in [0.25, 0.3) is 0 Å². The molecule has 1 heterocycles. The maximum absolute atomic E-state index is 11.0. The third kappa shape index (κ3) is 2.77. The van der Waals surface area contributed by atoms with Crippen LogP contribution in [0.4, 0.5) is 0 Å². The molecule has 0 aliphatic heterocycles. The molecule has 0 saturated heterocycles. The number of aromatic amines is 1. The maximum Gasteiger partial charge on any atom is 0.343 e. The van der Waals surface area contributed by atoms with Crippen molar-refractivity contribution in [3.05, 3.63) is 22.1 Å². The van der Waals surface area contributed by atoms with Gasteiger partial charge in [0.15, 0.2) is 5.16 Å². The molecule has 4 nitrogen and oxygen atoms in total. The number of rotatable bonds is 3. The summed E-state index contributed by atoms with van der Waals surface area (Å²) in [5, 5.41) is 6.99. The maximum atomic E-state index is 11.0. The van der Waals surface area contributed by atoms with Crippen LogP contribution < -0.4 is 5.69 Å². The van der Waals surface area contributed by atoms with Gasteiger partial charge < -0.3 is 0 Å². The fraction of sp³-hybridized carbons (Fsp3) is 0.500. The van der Waals surface area contributed by atoms with Crippen LogP contribution in [0.1, 0.15) is 13.8 Å². The Balaban J connectivity index is 2.60. The molecule has 5 heteroatoms. The third-order valence-electron chi connectivity index (χ3n) is 1.54.